The first-order valence-corrected chi connectivity index (χ1v) is 5.83. The molecule has 5 nitrogen and oxygen atoms in total. The first kappa shape index (κ1) is 11.7. The Labute approximate surface area is 102 Å². The van der Waals surface area contributed by atoms with Gasteiger partial charge in [0.05, 0.1) is 6.61 Å². The number of hydrogen-bond acceptors (Lipinski definition) is 5. The Morgan fingerprint density at radius 2 is 2.29 bits per heavy atom. The van der Waals surface area contributed by atoms with Gasteiger partial charge in [-0.25, -0.2) is 0 Å². The van der Waals surface area contributed by atoms with Crippen LogP contribution in [0.4, 0.5) is 5.13 Å². The molecule has 0 aliphatic heterocycles. The van der Waals surface area contributed by atoms with Gasteiger partial charge in [-0.2, -0.15) is 0 Å². The molecular weight excluding hydrogens is 238 g/mol. The van der Waals surface area contributed by atoms with Crippen molar-refractivity contribution < 1.29 is 9.53 Å². The molecule has 1 heterocycles. The molecule has 0 saturated heterocycles. The molecule has 6 heteroatoms. The summed E-state index contributed by atoms with van der Waals surface area (Å²) >= 11 is 1.28. The van der Waals surface area contributed by atoms with E-state index in [0.29, 0.717) is 17.3 Å². The monoisotopic (exact) mass is 249 g/mol. The van der Waals surface area contributed by atoms with Gasteiger partial charge >= 0.3 is 0 Å². The summed E-state index contributed by atoms with van der Waals surface area (Å²) in [6.07, 6.45) is 0. The average Bonchev–Trinajstić information content (AvgIpc) is 2.83. The van der Waals surface area contributed by atoms with Crippen molar-refractivity contribution in [3.63, 3.8) is 0 Å². The number of nitrogens with one attached hydrogen (secondary N) is 1. The average molecular weight is 249 g/mol. The number of carbonyl (C=O) groups excluding carboxylic acids is 1. The van der Waals surface area contributed by atoms with Gasteiger partial charge in [-0.1, -0.05) is 29.5 Å². The van der Waals surface area contributed by atoms with Crippen LogP contribution in [-0.2, 0) is 11.3 Å². The molecule has 0 bridgehead atoms. The number of methoxy groups -OCH3 is 1. The Hall–Kier alpha value is -1.79. The zero-order chi connectivity index (χ0) is 12.1. The minimum Gasteiger partial charge on any atom is -0.380 e. The molecule has 0 radical (unpaired) electrons. The topological polar surface area (TPSA) is 64.1 Å². The van der Waals surface area contributed by atoms with E-state index in [1.807, 2.05) is 18.2 Å². The number of amides is 1. The number of nitrogens with zero attached hydrogens (tertiary/aromatic N) is 2. The van der Waals surface area contributed by atoms with E-state index in [2.05, 4.69) is 15.5 Å². The van der Waals surface area contributed by atoms with E-state index >= 15 is 0 Å². The highest BCUT2D eigenvalue weighted by Crippen LogP contribution is 2.14. The van der Waals surface area contributed by atoms with Crippen LogP contribution in [0.1, 0.15) is 15.9 Å². The van der Waals surface area contributed by atoms with Gasteiger partial charge in [-0.05, 0) is 11.6 Å². The fourth-order valence-corrected chi connectivity index (χ4v) is 1.86. The van der Waals surface area contributed by atoms with Crippen molar-refractivity contribution in [2.45, 2.75) is 6.61 Å². The van der Waals surface area contributed by atoms with Gasteiger partial charge in [-0.3, -0.25) is 10.1 Å². The van der Waals surface area contributed by atoms with Crippen molar-refractivity contribution in [1.29, 1.82) is 0 Å². The maximum atomic E-state index is 12.0. The Balaban J connectivity index is 2.18. The van der Waals surface area contributed by atoms with Gasteiger partial charge in [0, 0.05) is 12.7 Å². The van der Waals surface area contributed by atoms with E-state index in [1.165, 1.54) is 11.3 Å². The predicted molar refractivity (Wildman–Crippen MR) is 65.0 cm³/mol. The van der Waals surface area contributed by atoms with Crippen LogP contribution in [0.2, 0.25) is 0 Å². The third-order valence-corrected chi connectivity index (χ3v) is 2.75. The second kappa shape index (κ2) is 5.51. The molecule has 1 amide bonds. The second-order valence-electron chi connectivity index (χ2n) is 3.29. The largest absolute Gasteiger partial charge is 0.380 e. The van der Waals surface area contributed by atoms with Gasteiger partial charge in [0.15, 0.2) is 0 Å². The number of aromatic nitrogens is 2. The lowest BCUT2D eigenvalue weighted by molar-refractivity contribution is 0.102. The number of rotatable bonds is 4. The maximum Gasteiger partial charge on any atom is 0.257 e. The van der Waals surface area contributed by atoms with Crippen molar-refractivity contribution in [2.75, 3.05) is 12.4 Å². The normalized spacial score (nSPS) is 10.2. The molecule has 0 atom stereocenters. The Bertz CT molecular complexity index is 499. The minimum absolute atomic E-state index is 0.200. The van der Waals surface area contributed by atoms with E-state index < -0.39 is 0 Å². The van der Waals surface area contributed by atoms with Gasteiger partial charge in [0.2, 0.25) is 5.13 Å². The van der Waals surface area contributed by atoms with Gasteiger partial charge in [-0.15, -0.1) is 10.2 Å². The third-order valence-electron chi connectivity index (χ3n) is 2.14. The highest BCUT2D eigenvalue weighted by Gasteiger charge is 2.11. The van der Waals surface area contributed by atoms with Crippen molar-refractivity contribution in [3.05, 3.63) is 40.9 Å². The molecule has 1 N–H and O–H groups in total. The molecular formula is C11H11N3O2S. The van der Waals surface area contributed by atoms with E-state index in [9.17, 15) is 4.79 Å². The van der Waals surface area contributed by atoms with Gasteiger partial charge in [0.25, 0.3) is 5.91 Å². The highest BCUT2D eigenvalue weighted by atomic mass is 32.1. The number of anilines is 1. The Morgan fingerprint density at radius 1 is 1.47 bits per heavy atom. The van der Waals surface area contributed by atoms with E-state index in [1.54, 1.807) is 18.7 Å². The summed E-state index contributed by atoms with van der Waals surface area (Å²) in [5, 5.41) is 10.6. The van der Waals surface area contributed by atoms with Crippen LogP contribution in [0.3, 0.4) is 0 Å². The SMILES string of the molecule is COCc1ccccc1C(=O)Nc1nncs1. The quantitative estimate of drug-likeness (QED) is 0.899. The third kappa shape index (κ3) is 2.86. The second-order valence-corrected chi connectivity index (χ2v) is 4.12. The summed E-state index contributed by atoms with van der Waals surface area (Å²) in [4.78, 5) is 12.0. The van der Waals surface area contributed by atoms with Crippen LogP contribution >= 0.6 is 11.3 Å². The summed E-state index contributed by atoms with van der Waals surface area (Å²) < 4.78 is 5.05. The lowest BCUT2D eigenvalue weighted by Gasteiger charge is -2.07. The zero-order valence-electron chi connectivity index (χ0n) is 9.21. The van der Waals surface area contributed by atoms with Crippen LogP contribution in [0.5, 0.6) is 0 Å². The summed E-state index contributed by atoms with van der Waals surface area (Å²) in [6, 6.07) is 7.30. The van der Waals surface area contributed by atoms with Crippen LogP contribution < -0.4 is 5.32 Å². The molecule has 0 aliphatic rings. The van der Waals surface area contributed by atoms with Crippen molar-refractivity contribution in [1.82, 2.24) is 10.2 Å². The zero-order valence-corrected chi connectivity index (χ0v) is 10.0. The van der Waals surface area contributed by atoms with Crippen molar-refractivity contribution in [3.8, 4) is 0 Å². The van der Waals surface area contributed by atoms with Crippen LogP contribution in [0, 0.1) is 0 Å². The fourth-order valence-electron chi connectivity index (χ4n) is 1.42. The fraction of sp³-hybridized carbons (Fsp3) is 0.182. The van der Waals surface area contributed by atoms with Crippen molar-refractivity contribution >= 4 is 22.4 Å². The molecule has 2 rings (SSSR count). The number of carbonyl (C=O) groups is 1. The number of hydrogen-bond donors (Lipinski definition) is 1. The Morgan fingerprint density at radius 3 is 3.00 bits per heavy atom. The molecule has 2 aromatic rings. The minimum atomic E-state index is -0.200. The lowest BCUT2D eigenvalue weighted by atomic mass is 10.1. The number of benzene rings is 1. The molecule has 0 fully saturated rings. The standard InChI is InChI=1S/C11H11N3O2S/c1-16-6-8-4-2-3-5-9(8)10(15)13-11-14-12-7-17-11/h2-5,7H,6H2,1H3,(H,13,14,15). The molecule has 17 heavy (non-hydrogen) atoms. The summed E-state index contributed by atoms with van der Waals surface area (Å²) in [5.41, 5.74) is 3.00. The maximum absolute atomic E-state index is 12.0. The first-order chi connectivity index (χ1) is 8.31. The van der Waals surface area contributed by atoms with E-state index in [-0.39, 0.29) is 5.91 Å². The predicted octanol–water partition coefficient (Wildman–Crippen LogP) is 1.94. The van der Waals surface area contributed by atoms with Crippen LogP contribution in [0.25, 0.3) is 0 Å². The molecule has 88 valence electrons. The summed E-state index contributed by atoms with van der Waals surface area (Å²) in [7, 11) is 1.60. The summed E-state index contributed by atoms with van der Waals surface area (Å²) in [6.45, 7) is 0.402. The molecule has 1 aromatic carbocycles. The van der Waals surface area contributed by atoms with E-state index in [4.69, 9.17) is 4.74 Å². The van der Waals surface area contributed by atoms with Gasteiger partial charge < -0.3 is 4.74 Å². The first-order valence-electron chi connectivity index (χ1n) is 4.95. The van der Waals surface area contributed by atoms with Gasteiger partial charge in [0.1, 0.15) is 5.51 Å². The Kier molecular flexibility index (Phi) is 3.79. The molecule has 0 unspecified atom stereocenters. The molecule has 0 saturated carbocycles. The molecule has 0 spiro atoms. The van der Waals surface area contributed by atoms with Crippen LogP contribution in [0.15, 0.2) is 29.8 Å². The van der Waals surface area contributed by atoms with Crippen molar-refractivity contribution in [2.24, 2.45) is 0 Å². The smallest absolute Gasteiger partial charge is 0.257 e. The van der Waals surface area contributed by atoms with Crippen LogP contribution in [-0.4, -0.2) is 23.2 Å². The lowest BCUT2D eigenvalue weighted by Crippen LogP contribution is -2.14. The number of ether oxygens (including phenoxy) is 1. The summed E-state index contributed by atoms with van der Waals surface area (Å²) in [5.74, 6) is -0.200. The van der Waals surface area contributed by atoms with E-state index in [0.717, 1.165) is 5.56 Å². The molecule has 0 aliphatic carbocycles. The molecule has 1 aromatic heterocycles. The highest BCUT2D eigenvalue weighted by molar-refractivity contribution is 7.13.